The van der Waals surface area contributed by atoms with Gasteiger partial charge in [0.05, 0.1) is 25.4 Å². The molecule has 0 saturated heterocycles. The zero-order valence-corrected chi connectivity index (χ0v) is 20.4. The highest BCUT2D eigenvalue weighted by molar-refractivity contribution is 5.97. The molecule has 0 bridgehead atoms. The summed E-state index contributed by atoms with van der Waals surface area (Å²) in [6.07, 6.45) is 1.55. The van der Waals surface area contributed by atoms with Crippen molar-refractivity contribution in [2.45, 2.75) is 19.5 Å². The van der Waals surface area contributed by atoms with Gasteiger partial charge in [0.25, 0.3) is 11.8 Å². The van der Waals surface area contributed by atoms with E-state index in [2.05, 4.69) is 21.3 Å². The Bertz CT molecular complexity index is 1320. The van der Waals surface area contributed by atoms with Crippen molar-refractivity contribution >= 4 is 29.1 Å². The lowest BCUT2D eigenvalue weighted by molar-refractivity contribution is -0.114. The first-order chi connectivity index (χ1) is 18.0. The predicted molar refractivity (Wildman–Crippen MR) is 142 cm³/mol. The Morgan fingerprint density at radius 2 is 1.41 bits per heavy atom. The van der Waals surface area contributed by atoms with E-state index >= 15 is 0 Å². The first-order valence-electron chi connectivity index (χ1n) is 11.9. The first kappa shape index (κ1) is 25.2. The maximum atomic E-state index is 12.5. The van der Waals surface area contributed by atoms with Crippen LogP contribution >= 0.6 is 0 Å². The first-order valence-corrected chi connectivity index (χ1v) is 11.9. The second-order valence-corrected chi connectivity index (χ2v) is 8.42. The molecule has 0 aliphatic carbocycles. The summed E-state index contributed by atoms with van der Waals surface area (Å²) in [5, 5.41) is 11.6. The van der Waals surface area contributed by atoms with Crippen LogP contribution < -0.4 is 21.3 Å². The van der Waals surface area contributed by atoms with Crippen LogP contribution in [0.3, 0.4) is 0 Å². The molecule has 1 atom stereocenters. The average Bonchev–Trinajstić information content (AvgIpc) is 3.45. The highest BCUT2D eigenvalue weighted by Gasteiger charge is 2.12. The van der Waals surface area contributed by atoms with Gasteiger partial charge in [-0.2, -0.15) is 0 Å². The van der Waals surface area contributed by atoms with E-state index in [9.17, 15) is 14.4 Å². The molecule has 8 nitrogen and oxygen atoms in total. The molecule has 1 aromatic heterocycles. The van der Waals surface area contributed by atoms with Crippen LogP contribution in [0.4, 0.5) is 11.4 Å². The molecule has 0 aliphatic heterocycles. The molecular weight excluding hydrogens is 468 g/mol. The third-order valence-corrected chi connectivity index (χ3v) is 5.68. The summed E-state index contributed by atoms with van der Waals surface area (Å²) in [7, 11) is 0. The highest BCUT2D eigenvalue weighted by atomic mass is 16.3. The highest BCUT2D eigenvalue weighted by Crippen LogP contribution is 2.15. The van der Waals surface area contributed by atoms with Gasteiger partial charge in [-0.25, -0.2) is 0 Å². The van der Waals surface area contributed by atoms with Crippen LogP contribution in [-0.2, 0) is 11.3 Å². The van der Waals surface area contributed by atoms with Gasteiger partial charge in [-0.05, 0) is 73.2 Å². The van der Waals surface area contributed by atoms with Gasteiger partial charge in [0, 0.05) is 22.5 Å². The Kier molecular flexibility index (Phi) is 8.33. The van der Waals surface area contributed by atoms with Gasteiger partial charge < -0.3 is 25.7 Å². The Morgan fingerprint density at radius 1 is 0.757 bits per heavy atom. The molecule has 8 heteroatoms. The summed E-state index contributed by atoms with van der Waals surface area (Å²) in [6.45, 7) is 2.28. The number of hydrogen-bond acceptors (Lipinski definition) is 5. The molecule has 3 aromatic carbocycles. The molecule has 188 valence electrons. The van der Waals surface area contributed by atoms with Crippen molar-refractivity contribution in [1.82, 2.24) is 10.6 Å². The second-order valence-electron chi connectivity index (χ2n) is 8.42. The lowest BCUT2D eigenvalue weighted by atomic mass is 10.1. The smallest absolute Gasteiger partial charge is 0.251 e. The van der Waals surface area contributed by atoms with Crippen LogP contribution in [0.5, 0.6) is 0 Å². The zero-order chi connectivity index (χ0) is 26.0. The second kappa shape index (κ2) is 12.2. The predicted octanol–water partition coefficient (Wildman–Crippen LogP) is 4.75. The van der Waals surface area contributed by atoms with Crippen LogP contribution in [0, 0.1) is 0 Å². The van der Waals surface area contributed by atoms with Gasteiger partial charge >= 0.3 is 0 Å². The molecule has 3 amide bonds. The summed E-state index contributed by atoms with van der Waals surface area (Å²) in [5.41, 5.74) is 3.33. The van der Waals surface area contributed by atoms with Gasteiger partial charge in [0.2, 0.25) is 5.91 Å². The van der Waals surface area contributed by atoms with Crippen LogP contribution in [0.1, 0.15) is 45.0 Å². The van der Waals surface area contributed by atoms with Crippen molar-refractivity contribution in [3.8, 4) is 0 Å². The van der Waals surface area contributed by atoms with E-state index in [1.807, 2.05) is 37.3 Å². The number of furan rings is 1. The number of anilines is 2. The van der Waals surface area contributed by atoms with Crippen molar-refractivity contribution in [3.05, 3.63) is 120 Å². The van der Waals surface area contributed by atoms with Crippen molar-refractivity contribution in [2.75, 3.05) is 17.2 Å². The number of carbonyl (C=O) groups is 3. The minimum atomic E-state index is -0.242. The molecule has 1 heterocycles. The molecule has 37 heavy (non-hydrogen) atoms. The van der Waals surface area contributed by atoms with E-state index in [1.165, 1.54) is 0 Å². The van der Waals surface area contributed by atoms with Crippen molar-refractivity contribution in [3.63, 3.8) is 0 Å². The van der Waals surface area contributed by atoms with Crippen LogP contribution in [0.25, 0.3) is 0 Å². The third kappa shape index (κ3) is 7.32. The Morgan fingerprint density at radius 3 is 2.05 bits per heavy atom. The van der Waals surface area contributed by atoms with Crippen molar-refractivity contribution in [1.29, 1.82) is 0 Å². The summed E-state index contributed by atoms with van der Waals surface area (Å²) in [4.78, 5) is 37.1. The van der Waals surface area contributed by atoms with E-state index in [1.54, 1.807) is 66.9 Å². The molecule has 0 saturated carbocycles. The summed E-state index contributed by atoms with van der Waals surface area (Å²) in [5.74, 6) is 0.0233. The molecule has 0 aliphatic rings. The molecule has 0 radical (unpaired) electrons. The molecule has 4 rings (SSSR count). The van der Waals surface area contributed by atoms with E-state index in [-0.39, 0.29) is 30.3 Å². The van der Waals surface area contributed by atoms with Gasteiger partial charge in [-0.1, -0.05) is 30.3 Å². The minimum Gasteiger partial charge on any atom is -0.467 e. The number of benzene rings is 3. The zero-order valence-electron chi connectivity index (χ0n) is 20.4. The molecular formula is C29H28N4O4. The van der Waals surface area contributed by atoms with E-state index in [0.717, 1.165) is 5.56 Å². The van der Waals surface area contributed by atoms with Gasteiger partial charge in [0.1, 0.15) is 5.76 Å². The fourth-order valence-corrected chi connectivity index (χ4v) is 3.62. The topological polar surface area (TPSA) is 112 Å². The normalized spacial score (nSPS) is 11.3. The monoisotopic (exact) mass is 496 g/mol. The maximum absolute atomic E-state index is 12.5. The molecule has 0 spiro atoms. The number of rotatable bonds is 10. The molecule has 4 N–H and O–H groups in total. The Hall–Kier alpha value is -4.85. The summed E-state index contributed by atoms with van der Waals surface area (Å²) >= 11 is 0. The lowest BCUT2D eigenvalue weighted by Crippen LogP contribution is -2.26. The van der Waals surface area contributed by atoms with Crippen LogP contribution in [0.15, 0.2) is 102 Å². The lowest BCUT2D eigenvalue weighted by Gasteiger charge is -2.14. The summed E-state index contributed by atoms with van der Waals surface area (Å²) in [6, 6.07) is 26.7. The molecule has 4 aromatic rings. The van der Waals surface area contributed by atoms with Crippen molar-refractivity contribution in [2.24, 2.45) is 0 Å². The Labute approximate surface area is 215 Å². The number of nitrogens with one attached hydrogen (secondary N) is 4. The van der Waals surface area contributed by atoms with Crippen LogP contribution in [0.2, 0.25) is 0 Å². The van der Waals surface area contributed by atoms with E-state index in [0.29, 0.717) is 34.8 Å². The summed E-state index contributed by atoms with van der Waals surface area (Å²) < 4.78 is 5.20. The number of carbonyl (C=O) groups excluding carboxylic acids is 3. The Balaban J connectivity index is 1.21. The van der Waals surface area contributed by atoms with E-state index in [4.69, 9.17) is 4.42 Å². The SMILES string of the molecule is CC(NC(=O)c1ccc(NCC(=O)Nc2ccc(C(=O)NCc3ccco3)cc2)cc1)c1ccccc1. The fraction of sp³-hybridized carbons (Fsp3) is 0.138. The van der Waals surface area contributed by atoms with Crippen molar-refractivity contribution < 1.29 is 18.8 Å². The van der Waals surface area contributed by atoms with Gasteiger partial charge in [-0.15, -0.1) is 0 Å². The fourth-order valence-electron chi connectivity index (χ4n) is 3.62. The standard InChI is InChI=1S/C29H28N4O4/c1-20(21-6-3-2-4-7-21)32-29(36)23-9-13-24(14-10-23)30-19-27(34)33-25-15-11-22(12-16-25)28(35)31-18-26-8-5-17-37-26/h2-17,20,30H,18-19H2,1H3,(H,31,35)(H,32,36)(H,33,34). The van der Waals surface area contributed by atoms with E-state index < -0.39 is 0 Å². The van der Waals surface area contributed by atoms with Gasteiger partial charge in [-0.3, -0.25) is 14.4 Å². The quantitative estimate of drug-likeness (QED) is 0.253. The van der Waals surface area contributed by atoms with Gasteiger partial charge in [0.15, 0.2) is 0 Å². The number of amides is 3. The number of hydrogen-bond donors (Lipinski definition) is 4. The van der Waals surface area contributed by atoms with Crippen LogP contribution in [-0.4, -0.2) is 24.3 Å². The maximum Gasteiger partial charge on any atom is 0.251 e. The third-order valence-electron chi connectivity index (χ3n) is 5.68. The largest absolute Gasteiger partial charge is 0.467 e. The molecule has 0 fully saturated rings. The molecule has 1 unspecified atom stereocenters. The minimum absolute atomic E-state index is 0.0436. The average molecular weight is 497 g/mol.